The van der Waals surface area contributed by atoms with Crippen molar-refractivity contribution in [3.05, 3.63) is 28.2 Å². The summed E-state index contributed by atoms with van der Waals surface area (Å²) in [6, 6.07) is 6.17. The Kier molecular flexibility index (Phi) is 4.41. The fourth-order valence-corrected chi connectivity index (χ4v) is 1.97. The van der Waals surface area contributed by atoms with E-state index in [1.807, 2.05) is 12.1 Å². The van der Waals surface area contributed by atoms with Gasteiger partial charge in [0.25, 0.3) is 0 Å². The lowest BCUT2D eigenvalue weighted by Gasteiger charge is -2.25. The van der Waals surface area contributed by atoms with Gasteiger partial charge in [-0.2, -0.15) is 0 Å². The first-order valence-electron chi connectivity index (χ1n) is 6.28. The van der Waals surface area contributed by atoms with E-state index in [-0.39, 0.29) is 5.41 Å². The molecule has 0 aliphatic heterocycles. The third kappa shape index (κ3) is 4.04. The fraction of sp³-hybridized carbons (Fsp3) is 0.571. The number of halogens is 2. The summed E-state index contributed by atoms with van der Waals surface area (Å²) < 4.78 is 5.78. The summed E-state index contributed by atoms with van der Waals surface area (Å²) in [6.45, 7) is 5.93. The molecule has 1 saturated carbocycles. The van der Waals surface area contributed by atoms with Crippen molar-refractivity contribution in [1.82, 2.24) is 5.32 Å². The molecule has 1 aromatic rings. The summed E-state index contributed by atoms with van der Waals surface area (Å²) in [5.74, 6) is 0.656. The number of ether oxygens (including phenoxy) is 1. The highest BCUT2D eigenvalue weighted by Crippen LogP contribution is 2.32. The van der Waals surface area contributed by atoms with E-state index in [0.717, 1.165) is 12.6 Å². The van der Waals surface area contributed by atoms with Crippen LogP contribution in [0.1, 0.15) is 26.7 Å². The molecule has 0 heterocycles. The molecule has 1 fully saturated rings. The average Bonchev–Trinajstić information content (AvgIpc) is 3.13. The van der Waals surface area contributed by atoms with Crippen LogP contribution in [0.3, 0.4) is 0 Å². The van der Waals surface area contributed by atoms with Crippen LogP contribution in [0.15, 0.2) is 18.2 Å². The molecule has 1 N–H and O–H groups in total. The molecular formula is C14H19Cl2NO. The first-order valence-corrected chi connectivity index (χ1v) is 7.04. The molecule has 4 heteroatoms. The second kappa shape index (κ2) is 5.68. The summed E-state index contributed by atoms with van der Waals surface area (Å²) in [6.07, 6.45) is 2.61. The molecule has 0 bridgehead atoms. The van der Waals surface area contributed by atoms with E-state index in [4.69, 9.17) is 27.9 Å². The molecule has 0 aromatic heterocycles. The zero-order chi connectivity index (χ0) is 13.2. The van der Waals surface area contributed by atoms with Crippen molar-refractivity contribution in [2.75, 3.05) is 13.2 Å². The molecule has 0 spiro atoms. The van der Waals surface area contributed by atoms with Crippen LogP contribution in [-0.2, 0) is 0 Å². The fourth-order valence-electron chi connectivity index (χ4n) is 1.63. The minimum atomic E-state index is 0.0776. The summed E-state index contributed by atoms with van der Waals surface area (Å²) in [5.41, 5.74) is 0.0776. The van der Waals surface area contributed by atoms with Crippen molar-refractivity contribution in [2.24, 2.45) is 5.41 Å². The Morgan fingerprint density at radius 3 is 2.72 bits per heavy atom. The highest BCUT2D eigenvalue weighted by Gasteiger charge is 2.26. The second-order valence-electron chi connectivity index (χ2n) is 5.66. The third-order valence-electron chi connectivity index (χ3n) is 2.98. The Hall–Kier alpha value is -0.440. The molecule has 2 rings (SSSR count). The highest BCUT2D eigenvalue weighted by molar-refractivity contribution is 6.42. The van der Waals surface area contributed by atoms with E-state index < -0.39 is 0 Å². The molecular weight excluding hydrogens is 269 g/mol. The maximum absolute atomic E-state index is 6.09. The lowest BCUT2D eigenvalue weighted by molar-refractivity contribution is 0.176. The topological polar surface area (TPSA) is 21.3 Å². The maximum atomic E-state index is 6.09. The smallest absolute Gasteiger partial charge is 0.139 e. The van der Waals surface area contributed by atoms with Crippen LogP contribution in [0.5, 0.6) is 5.75 Å². The van der Waals surface area contributed by atoms with Crippen LogP contribution in [0, 0.1) is 5.41 Å². The van der Waals surface area contributed by atoms with E-state index in [1.165, 1.54) is 12.8 Å². The normalized spacial score (nSPS) is 15.8. The van der Waals surface area contributed by atoms with Gasteiger partial charge in [0, 0.05) is 18.0 Å². The van der Waals surface area contributed by atoms with Gasteiger partial charge in [0.15, 0.2) is 0 Å². The molecule has 0 saturated heterocycles. The quantitative estimate of drug-likeness (QED) is 0.849. The predicted molar refractivity (Wildman–Crippen MR) is 76.8 cm³/mol. The van der Waals surface area contributed by atoms with Gasteiger partial charge in [-0.25, -0.2) is 0 Å². The van der Waals surface area contributed by atoms with Gasteiger partial charge in [0.05, 0.1) is 11.6 Å². The van der Waals surface area contributed by atoms with Crippen LogP contribution < -0.4 is 10.1 Å². The lowest BCUT2D eigenvalue weighted by Crippen LogP contribution is -2.35. The van der Waals surface area contributed by atoms with Gasteiger partial charge in [-0.1, -0.05) is 43.1 Å². The summed E-state index contributed by atoms with van der Waals surface area (Å²) in [5, 5.41) is 4.54. The van der Waals surface area contributed by atoms with Crippen molar-refractivity contribution in [2.45, 2.75) is 32.7 Å². The minimum Gasteiger partial charge on any atom is -0.491 e. The monoisotopic (exact) mass is 287 g/mol. The van der Waals surface area contributed by atoms with Gasteiger partial charge in [-0.05, 0) is 25.0 Å². The van der Waals surface area contributed by atoms with Crippen LogP contribution in [0.25, 0.3) is 0 Å². The molecule has 0 atom stereocenters. The number of hydrogen-bond acceptors (Lipinski definition) is 2. The minimum absolute atomic E-state index is 0.0776. The van der Waals surface area contributed by atoms with Crippen molar-refractivity contribution >= 4 is 23.2 Å². The standard InChI is InChI=1S/C14H19Cl2NO/c1-14(2,8-17-10-6-7-10)9-18-12-5-3-4-11(15)13(12)16/h3-5,10,17H,6-9H2,1-2H3. The lowest BCUT2D eigenvalue weighted by atomic mass is 9.95. The number of nitrogens with one attached hydrogen (secondary N) is 1. The van der Waals surface area contributed by atoms with Crippen molar-refractivity contribution in [3.63, 3.8) is 0 Å². The number of rotatable bonds is 6. The van der Waals surface area contributed by atoms with Crippen LogP contribution in [0.2, 0.25) is 10.0 Å². The Morgan fingerprint density at radius 2 is 2.06 bits per heavy atom. The van der Waals surface area contributed by atoms with E-state index in [2.05, 4.69) is 19.2 Å². The molecule has 1 aliphatic rings. The Bertz CT molecular complexity index is 416. The van der Waals surface area contributed by atoms with Crippen molar-refractivity contribution in [1.29, 1.82) is 0 Å². The third-order valence-corrected chi connectivity index (χ3v) is 3.78. The zero-order valence-corrected chi connectivity index (χ0v) is 12.3. The van der Waals surface area contributed by atoms with E-state index in [9.17, 15) is 0 Å². The Morgan fingerprint density at radius 1 is 1.33 bits per heavy atom. The summed E-state index contributed by atoms with van der Waals surface area (Å²) >= 11 is 12.0. The largest absolute Gasteiger partial charge is 0.491 e. The van der Waals surface area contributed by atoms with Crippen molar-refractivity contribution in [3.8, 4) is 5.75 Å². The first-order chi connectivity index (χ1) is 8.48. The molecule has 1 aromatic carbocycles. The van der Waals surface area contributed by atoms with E-state index in [1.54, 1.807) is 6.07 Å². The maximum Gasteiger partial charge on any atom is 0.139 e. The Balaban J connectivity index is 1.86. The van der Waals surface area contributed by atoms with Crippen LogP contribution in [-0.4, -0.2) is 19.2 Å². The van der Waals surface area contributed by atoms with Gasteiger partial charge in [0.2, 0.25) is 0 Å². The van der Waals surface area contributed by atoms with Crippen molar-refractivity contribution < 1.29 is 4.74 Å². The number of benzene rings is 1. The second-order valence-corrected chi connectivity index (χ2v) is 6.45. The zero-order valence-electron chi connectivity index (χ0n) is 10.8. The molecule has 0 amide bonds. The van der Waals surface area contributed by atoms with Gasteiger partial charge >= 0.3 is 0 Å². The number of hydrogen-bond donors (Lipinski definition) is 1. The van der Waals surface area contributed by atoms with Gasteiger partial charge < -0.3 is 10.1 Å². The van der Waals surface area contributed by atoms with Crippen LogP contribution >= 0.6 is 23.2 Å². The van der Waals surface area contributed by atoms with Crippen LogP contribution in [0.4, 0.5) is 0 Å². The predicted octanol–water partition coefficient (Wildman–Crippen LogP) is 4.15. The van der Waals surface area contributed by atoms with E-state index in [0.29, 0.717) is 22.4 Å². The highest BCUT2D eigenvalue weighted by atomic mass is 35.5. The molecule has 2 nitrogen and oxygen atoms in total. The molecule has 1 aliphatic carbocycles. The Labute approximate surface area is 119 Å². The SMILES string of the molecule is CC(C)(CNC1CC1)COc1cccc(Cl)c1Cl. The van der Waals surface area contributed by atoms with Gasteiger partial charge in [-0.15, -0.1) is 0 Å². The first kappa shape index (κ1) is 14.0. The van der Waals surface area contributed by atoms with Gasteiger partial charge in [-0.3, -0.25) is 0 Å². The average molecular weight is 288 g/mol. The molecule has 0 radical (unpaired) electrons. The summed E-state index contributed by atoms with van der Waals surface area (Å²) in [7, 11) is 0. The molecule has 0 unspecified atom stereocenters. The summed E-state index contributed by atoms with van der Waals surface area (Å²) in [4.78, 5) is 0. The van der Waals surface area contributed by atoms with E-state index >= 15 is 0 Å². The van der Waals surface area contributed by atoms with Gasteiger partial charge in [0.1, 0.15) is 10.8 Å². The molecule has 18 heavy (non-hydrogen) atoms. The molecule has 100 valence electrons.